The minimum absolute atomic E-state index is 0.169. The van der Waals surface area contributed by atoms with Gasteiger partial charge in [-0.15, -0.1) is 0 Å². The summed E-state index contributed by atoms with van der Waals surface area (Å²) >= 11 is 0. The molecule has 1 unspecified atom stereocenters. The minimum Gasteiger partial charge on any atom is -0.508 e. The maximum absolute atomic E-state index is 11.2. The SMILES string of the molecule is CCCCC/C=C/C(CCc1ccc(O)cc1)OC(C)=O. The molecule has 21 heavy (non-hydrogen) atoms. The van der Waals surface area contributed by atoms with Gasteiger partial charge in [0.2, 0.25) is 0 Å². The van der Waals surface area contributed by atoms with Crippen LogP contribution in [0.15, 0.2) is 36.4 Å². The van der Waals surface area contributed by atoms with Crippen molar-refractivity contribution in [3.05, 3.63) is 42.0 Å². The van der Waals surface area contributed by atoms with Crippen LogP contribution >= 0.6 is 0 Å². The molecule has 1 N–H and O–H groups in total. The molecule has 0 fully saturated rings. The van der Waals surface area contributed by atoms with E-state index in [0.717, 1.165) is 24.8 Å². The Morgan fingerprint density at radius 1 is 1.29 bits per heavy atom. The summed E-state index contributed by atoms with van der Waals surface area (Å²) in [5, 5.41) is 9.26. The Labute approximate surface area is 127 Å². The van der Waals surface area contributed by atoms with E-state index in [1.54, 1.807) is 12.1 Å². The fourth-order valence-corrected chi connectivity index (χ4v) is 2.14. The zero-order valence-electron chi connectivity index (χ0n) is 13.0. The van der Waals surface area contributed by atoms with Gasteiger partial charge >= 0.3 is 5.97 Å². The van der Waals surface area contributed by atoms with Crippen LogP contribution in [0.25, 0.3) is 0 Å². The second-order valence-electron chi connectivity index (χ2n) is 5.28. The number of rotatable bonds is 9. The van der Waals surface area contributed by atoms with Crippen LogP contribution in [0.2, 0.25) is 0 Å². The van der Waals surface area contributed by atoms with Crippen molar-refractivity contribution in [2.45, 2.75) is 58.5 Å². The number of carbonyl (C=O) groups is 1. The molecule has 0 aliphatic carbocycles. The molecule has 1 atom stereocenters. The highest BCUT2D eigenvalue weighted by molar-refractivity contribution is 5.66. The average Bonchev–Trinajstić information content (AvgIpc) is 2.45. The summed E-state index contributed by atoms with van der Waals surface area (Å²) in [6, 6.07) is 7.14. The van der Waals surface area contributed by atoms with Crippen LogP contribution in [0.3, 0.4) is 0 Å². The van der Waals surface area contributed by atoms with E-state index < -0.39 is 0 Å². The molecule has 0 aliphatic heterocycles. The number of unbranched alkanes of at least 4 members (excludes halogenated alkanes) is 3. The molecule has 0 heterocycles. The van der Waals surface area contributed by atoms with Gasteiger partial charge in [-0.1, -0.05) is 38.0 Å². The summed E-state index contributed by atoms with van der Waals surface area (Å²) in [7, 11) is 0. The lowest BCUT2D eigenvalue weighted by Gasteiger charge is -2.13. The third kappa shape index (κ3) is 8.18. The zero-order chi connectivity index (χ0) is 15.5. The first-order valence-electron chi connectivity index (χ1n) is 7.73. The molecule has 0 bridgehead atoms. The molecule has 116 valence electrons. The van der Waals surface area contributed by atoms with Crippen molar-refractivity contribution in [2.75, 3.05) is 0 Å². The molecule has 0 spiro atoms. The van der Waals surface area contributed by atoms with Crippen LogP contribution in [-0.4, -0.2) is 17.2 Å². The molecule has 1 aromatic rings. The minimum atomic E-state index is -0.246. The number of benzene rings is 1. The second kappa shape index (κ2) is 10.0. The lowest BCUT2D eigenvalue weighted by molar-refractivity contribution is -0.144. The molecule has 0 saturated carbocycles. The fourth-order valence-electron chi connectivity index (χ4n) is 2.14. The van der Waals surface area contributed by atoms with Crippen LogP contribution in [0, 0.1) is 0 Å². The van der Waals surface area contributed by atoms with Gasteiger partial charge in [-0.2, -0.15) is 0 Å². The molecule has 1 rings (SSSR count). The number of carbonyl (C=O) groups excluding carboxylic acids is 1. The molecule has 0 aliphatic rings. The van der Waals surface area contributed by atoms with Crippen molar-refractivity contribution in [3.63, 3.8) is 0 Å². The van der Waals surface area contributed by atoms with Gasteiger partial charge in [0.15, 0.2) is 0 Å². The van der Waals surface area contributed by atoms with Crippen molar-refractivity contribution in [2.24, 2.45) is 0 Å². The van der Waals surface area contributed by atoms with Crippen LogP contribution in [-0.2, 0) is 16.0 Å². The average molecular weight is 290 g/mol. The van der Waals surface area contributed by atoms with Gasteiger partial charge in [-0.3, -0.25) is 4.79 Å². The number of esters is 1. The Morgan fingerprint density at radius 3 is 2.62 bits per heavy atom. The standard InChI is InChI=1S/C18H26O3/c1-3-4-5-6-7-8-18(21-15(2)19)14-11-16-9-12-17(20)13-10-16/h7-10,12-13,18,20H,3-6,11,14H2,1-2H3/b8-7+. The molecule has 3 heteroatoms. The Bertz CT molecular complexity index is 434. The predicted octanol–water partition coefficient (Wildman–Crippen LogP) is 4.39. The van der Waals surface area contributed by atoms with Gasteiger partial charge < -0.3 is 9.84 Å². The summed E-state index contributed by atoms with van der Waals surface area (Å²) in [4.78, 5) is 11.2. The first kappa shape index (κ1) is 17.3. The highest BCUT2D eigenvalue weighted by Crippen LogP contribution is 2.14. The Morgan fingerprint density at radius 2 is 2.00 bits per heavy atom. The Kier molecular flexibility index (Phi) is 8.25. The number of phenols is 1. The van der Waals surface area contributed by atoms with Gasteiger partial charge in [0, 0.05) is 6.92 Å². The molecule has 0 amide bonds. The van der Waals surface area contributed by atoms with Gasteiger partial charge in [-0.05, 0) is 49.5 Å². The van der Waals surface area contributed by atoms with E-state index >= 15 is 0 Å². The van der Waals surface area contributed by atoms with Crippen molar-refractivity contribution < 1.29 is 14.6 Å². The molecule has 0 aromatic heterocycles. The Balaban J connectivity index is 2.45. The maximum Gasteiger partial charge on any atom is 0.303 e. The quantitative estimate of drug-likeness (QED) is 0.417. The number of ether oxygens (including phenoxy) is 1. The molecule has 1 aromatic carbocycles. The number of hydrogen-bond donors (Lipinski definition) is 1. The zero-order valence-corrected chi connectivity index (χ0v) is 13.0. The summed E-state index contributed by atoms with van der Waals surface area (Å²) in [5.74, 6) is 0.0232. The molecular weight excluding hydrogens is 264 g/mol. The molecule has 0 saturated heterocycles. The summed E-state index contributed by atoms with van der Waals surface area (Å²) in [5.41, 5.74) is 1.13. The van der Waals surface area contributed by atoms with Crippen molar-refractivity contribution >= 4 is 5.97 Å². The monoisotopic (exact) mass is 290 g/mol. The molecule has 0 radical (unpaired) electrons. The smallest absolute Gasteiger partial charge is 0.303 e. The highest BCUT2D eigenvalue weighted by Gasteiger charge is 2.08. The molecular formula is C18H26O3. The van der Waals surface area contributed by atoms with E-state index in [-0.39, 0.29) is 17.8 Å². The van der Waals surface area contributed by atoms with E-state index in [0.29, 0.717) is 0 Å². The lowest BCUT2D eigenvalue weighted by atomic mass is 10.1. The topological polar surface area (TPSA) is 46.5 Å². The number of aromatic hydroxyl groups is 1. The summed E-state index contributed by atoms with van der Waals surface area (Å²) < 4.78 is 5.33. The van der Waals surface area contributed by atoms with E-state index in [2.05, 4.69) is 13.0 Å². The maximum atomic E-state index is 11.2. The van der Waals surface area contributed by atoms with Crippen molar-refractivity contribution in [3.8, 4) is 5.75 Å². The van der Waals surface area contributed by atoms with E-state index in [1.807, 2.05) is 18.2 Å². The van der Waals surface area contributed by atoms with E-state index in [1.165, 1.54) is 26.2 Å². The van der Waals surface area contributed by atoms with Crippen molar-refractivity contribution in [1.82, 2.24) is 0 Å². The first-order valence-corrected chi connectivity index (χ1v) is 7.73. The van der Waals surface area contributed by atoms with Crippen LogP contribution in [0.5, 0.6) is 5.75 Å². The highest BCUT2D eigenvalue weighted by atomic mass is 16.5. The van der Waals surface area contributed by atoms with Crippen LogP contribution in [0.1, 0.15) is 51.5 Å². The molecule has 3 nitrogen and oxygen atoms in total. The largest absolute Gasteiger partial charge is 0.508 e. The van der Waals surface area contributed by atoms with Gasteiger partial charge in [-0.25, -0.2) is 0 Å². The summed E-state index contributed by atoms with van der Waals surface area (Å²) in [6.45, 7) is 3.63. The number of allylic oxidation sites excluding steroid dienone is 1. The van der Waals surface area contributed by atoms with Gasteiger partial charge in [0.25, 0.3) is 0 Å². The second-order valence-corrected chi connectivity index (χ2v) is 5.28. The van der Waals surface area contributed by atoms with E-state index in [4.69, 9.17) is 4.74 Å². The third-order valence-electron chi connectivity index (χ3n) is 3.30. The first-order chi connectivity index (χ1) is 10.1. The van der Waals surface area contributed by atoms with Crippen molar-refractivity contribution in [1.29, 1.82) is 0 Å². The third-order valence-corrected chi connectivity index (χ3v) is 3.30. The fraction of sp³-hybridized carbons (Fsp3) is 0.500. The van der Waals surface area contributed by atoms with Gasteiger partial charge in [0.05, 0.1) is 0 Å². The number of hydrogen-bond acceptors (Lipinski definition) is 3. The summed E-state index contributed by atoms with van der Waals surface area (Å²) in [6.07, 6.45) is 10.2. The van der Waals surface area contributed by atoms with E-state index in [9.17, 15) is 9.90 Å². The lowest BCUT2D eigenvalue weighted by Crippen LogP contribution is -2.14. The number of phenolic OH excluding ortho intramolecular Hbond substituents is 1. The number of aryl methyl sites for hydroxylation is 1. The van der Waals surface area contributed by atoms with Crippen LogP contribution < -0.4 is 0 Å². The normalized spacial score (nSPS) is 12.5. The predicted molar refractivity (Wildman–Crippen MR) is 85.3 cm³/mol. The Hall–Kier alpha value is -1.77. The van der Waals surface area contributed by atoms with Gasteiger partial charge in [0.1, 0.15) is 11.9 Å². The van der Waals surface area contributed by atoms with Crippen LogP contribution in [0.4, 0.5) is 0 Å².